The fraction of sp³-hybridized carbons (Fsp3) is 0.111. The van der Waals surface area contributed by atoms with Crippen LogP contribution in [-0.4, -0.2) is 34.4 Å². The van der Waals surface area contributed by atoms with Crippen LogP contribution in [-0.2, 0) is 16.0 Å². The first kappa shape index (κ1) is 15.6. The molecule has 0 spiro atoms. The van der Waals surface area contributed by atoms with Crippen molar-refractivity contribution < 1.29 is 19.4 Å². The van der Waals surface area contributed by atoms with Crippen molar-refractivity contribution in [1.82, 2.24) is 10.2 Å². The highest BCUT2D eigenvalue weighted by Gasteiger charge is 2.20. The zero-order chi connectivity index (χ0) is 17.1. The summed E-state index contributed by atoms with van der Waals surface area (Å²) in [7, 11) is 1.31. The summed E-state index contributed by atoms with van der Waals surface area (Å²) in [4.78, 5) is 23.3. The molecular weight excluding hydrogens is 308 g/mol. The summed E-state index contributed by atoms with van der Waals surface area (Å²) in [6.07, 6.45) is -0.0180. The van der Waals surface area contributed by atoms with Crippen molar-refractivity contribution in [3.8, 4) is 11.3 Å². The van der Waals surface area contributed by atoms with E-state index >= 15 is 0 Å². The van der Waals surface area contributed by atoms with Crippen molar-refractivity contribution in [3.05, 3.63) is 59.7 Å². The molecule has 1 N–H and O–H groups in total. The zero-order valence-electron chi connectivity index (χ0n) is 12.9. The third-order valence-corrected chi connectivity index (χ3v) is 3.73. The predicted octanol–water partition coefficient (Wildman–Crippen LogP) is 2.71. The molecular formula is C18H14N2O4. The van der Waals surface area contributed by atoms with Crippen molar-refractivity contribution >= 4 is 22.8 Å². The second-order valence-electron chi connectivity index (χ2n) is 5.15. The molecule has 3 rings (SSSR count). The molecule has 0 unspecified atom stereocenters. The van der Waals surface area contributed by atoms with E-state index in [0.29, 0.717) is 22.3 Å². The zero-order valence-corrected chi connectivity index (χ0v) is 12.9. The minimum absolute atomic E-state index is 0.0180. The molecule has 0 atom stereocenters. The Balaban J connectivity index is 2.30. The van der Waals surface area contributed by atoms with E-state index < -0.39 is 11.9 Å². The molecule has 1 heterocycles. The first-order valence-corrected chi connectivity index (χ1v) is 7.25. The van der Waals surface area contributed by atoms with Crippen LogP contribution in [0.25, 0.3) is 22.2 Å². The van der Waals surface area contributed by atoms with Gasteiger partial charge in [0.1, 0.15) is 0 Å². The van der Waals surface area contributed by atoms with Crippen LogP contribution in [0.1, 0.15) is 15.9 Å². The largest absolute Gasteiger partial charge is 0.478 e. The number of nitrogens with zero attached hydrogens (tertiary/aromatic N) is 2. The van der Waals surface area contributed by atoms with Gasteiger partial charge in [0.15, 0.2) is 0 Å². The molecule has 0 saturated heterocycles. The molecule has 0 amide bonds. The van der Waals surface area contributed by atoms with Crippen molar-refractivity contribution in [2.45, 2.75) is 6.42 Å². The van der Waals surface area contributed by atoms with Crippen molar-refractivity contribution in [1.29, 1.82) is 0 Å². The van der Waals surface area contributed by atoms with Crippen LogP contribution in [0.15, 0.2) is 48.5 Å². The SMILES string of the molecule is COC(=O)Cc1c(-c2ccccc2C(=O)O)nnc2ccccc12. The molecule has 24 heavy (non-hydrogen) atoms. The van der Waals surface area contributed by atoms with Crippen LogP contribution >= 0.6 is 0 Å². The number of carboxylic acids is 1. The molecule has 0 saturated carbocycles. The number of carboxylic acid groups (broad SMARTS) is 1. The van der Waals surface area contributed by atoms with Crippen LogP contribution in [0.5, 0.6) is 0 Å². The molecule has 0 aliphatic heterocycles. The summed E-state index contributed by atoms with van der Waals surface area (Å²) >= 11 is 0. The van der Waals surface area contributed by atoms with Gasteiger partial charge in [-0.1, -0.05) is 36.4 Å². The Hall–Kier alpha value is -3.28. The highest BCUT2D eigenvalue weighted by molar-refractivity contribution is 5.98. The lowest BCUT2D eigenvalue weighted by Crippen LogP contribution is -2.09. The third kappa shape index (κ3) is 2.81. The van der Waals surface area contributed by atoms with Crippen LogP contribution in [0.2, 0.25) is 0 Å². The summed E-state index contributed by atoms with van der Waals surface area (Å²) in [5, 5.41) is 18.5. The smallest absolute Gasteiger partial charge is 0.336 e. The van der Waals surface area contributed by atoms with Gasteiger partial charge in [-0.25, -0.2) is 4.79 Å². The molecule has 3 aromatic rings. The number of hydrogen-bond donors (Lipinski definition) is 1. The lowest BCUT2D eigenvalue weighted by atomic mass is 9.96. The number of carbonyl (C=O) groups is 2. The van der Waals surface area contributed by atoms with Gasteiger partial charge in [0, 0.05) is 16.5 Å². The number of esters is 1. The van der Waals surface area contributed by atoms with Gasteiger partial charge >= 0.3 is 11.9 Å². The van der Waals surface area contributed by atoms with E-state index in [0.717, 1.165) is 5.39 Å². The Morgan fingerprint density at radius 3 is 2.50 bits per heavy atom. The van der Waals surface area contributed by atoms with Crippen molar-refractivity contribution in [3.63, 3.8) is 0 Å². The number of fused-ring (bicyclic) bond motifs is 1. The number of methoxy groups -OCH3 is 1. The number of rotatable bonds is 4. The van der Waals surface area contributed by atoms with Gasteiger partial charge in [-0.2, -0.15) is 0 Å². The number of carbonyl (C=O) groups excluding carboxylic acids is 1. The molecule has 120 valence electrons. The maximum absolute atomic E-state index is 11.8. The molecule has 0 aliphatic rings. The van der Waals surface area contributed by atoms with E-state index in [1.807, 2.05) is 18.2 Å². The first-order valence-electron chi connectivity index (χ1n) is 7.25. The highest BCUT2D eigenvalue weighted by Crippen LogP contribution is 2.30. The lowest BCUT2D eigenvalue weighted by molar-refractivity contribution is -0.139. The maximum atomic E-state index is 11.8. The molecule has 1 aromatic heterocycles. The predicted molar refractivity (Wildman–Crippen MR) is 87.7 cm³/mol. The topological polar surface area (TPSA) is 89.4 Å². The second-order valence-corrected chi connectivity index (χ2v) is 5.15. The monoisotopic (exact) mass is 322 g/mol. The Morgan fingerprint density at radius 1 is 1.04 bits per heavy atom. The van der Waals surface area contributed by atoms with Gasteiger partial charge in [0.2, 0.25) is 0 Å². The van der Waals surface area contributed by atoms with Gasteiger partial charge in [-0.05, 0) is 12.1 Å². The molecule has 0 fully saturated rings. The van der Waals surface area contributed by atoms with E-state index in [2.05, 4.69) is 10.2 Å². The lowest BCUT2D eigenvalue weighted by Gasteiger charge is -2.12. The Kier molecular flexibility index (Phi) is 4.20. The highest BCUT2D eigenvalue weighted by atomic mass is 16.5. The summed E-state index contributed by atoms with van der Waals surface area (Å²) in [6.45, 7) is 0. The van der Waals surface area contributed by atoms with Crippen molar-refractivity contribution in [2.75, 3.05) is 7.11 Å². The molecule has 2 aromatic carbocycles. The maximum Gasteiger partial charge on any atom is 0.336 e. The quantitative estimate of drug-likeness (QED) is 0.743. The van der Waals surface area contributed by atoms with Gasteiger partial charge in [-0.3, -0.25) is 4.79 Å². The Bertz CT molecular complexity index is 937. The summed E-state index contributed by atoms with van der Waals surface area (Å²) in [5.74, 6) is -1.49. The van der Waals surface area contributed by atoms with E-state index in [1.165, 1.54) is 13.2 Å². The normalized spacial score (nSPS) is 10.5. The van der Waals surface area contributed by atoms with E-state index in [1.54, 1.807) is 24.3 Å². The second kappa shape index (κ2) is 6.45. The van der Waals surface area contributed by atoms with Crippen LogP contribution in [0.4, 0.5) is 0 Å². The van der Waals surface area contributed by atoms with Gasteiger partial charge in [0.05, 0.1) is 30.3 Å². The number of aromatic nitrogens is 2. The molecule has 0 bridgehead atoms. The number of ether oxygens (including phenoxy) is 1. The van der Waals surface area contributed by atoms with Gasteiger partial charge in [0.25, 0.3) is 0 Å². The number of aromatic carboxylic acids is 1. The van der Waals surface area contributed by atoms with Gasteiger partial charge in [-0.15, -0.1) is 10.2 Å². The van der Waals surface area contributed by atoms with E-state index in [-0.39, 0.29) is 12.0 Å². The van der Waals surface area contributed by atoms with E-state index in [4.69, 9.17) is 4.74 Å². The molecule has 0 aliphatic carbocycles. The standard InChI is InChI=1S/C18H14N2O4/c1-24-16(21)10-14-11-6-4-5-9-15(11)19-20-17(14)12-7-2-3-8-13(12)18(22)23/h2-9H,10H2,1H3,(H,22,23). The minimum atomic E-state index is -1.07. The Morgan fingerprint density at radius 2 is 1.75 bits per heavy atom. The average Bonchev–Trinajstić information content (AvgIpc) is 2.61. The van der Waals surface area contributed by atoms with Crippen LogP contribution < -0.4 is 0 Å². The fourth-order valence-corrected chi connectivity index (χ4v) is 2.60. The fourth-order valence-electron chi connectivity index (χ4n) is 2.60. The summed E-state index contributed by atoms with van der Waals surface area (Å²) in [6, 6.07) is 13.8. The summed E-state index contributed by atoms with van der Waals surface area (Å²) in [5.41, 5.74) is 2.13. The number of hydrogen-bond acceptors (Lipinski definition) is 5. The average molecular weight is 322 g/mol. The Labute approximate surface area is 137 Å². The third-order valence-electron chi connectivity index (χ3n) is 3.73. The van der Waals surface area contributed by atoms with Gasteiger partial charge < -0.3 is 9.84 Å². The van der Waals surface area contributed by atoms with Crippen LogP contribution in [0, 0.1) is 0 Å². The van der Waals surface area contributed by atoms with Crippen molar-refractivity contribution in [2.24, 2.45) is 0 Å². The molecule has 6 nitrogen and oxygen atoms in total. The molecule has 0 radical (unpaired) electrons. The summed E-state index contributed by atoms with van der Waals surface area (Å²) < 4.78 is 4.77. The first-order chi connectivity index (χ1) is 11.6. The molecule has 6 heteroatoms. The van der Waals surface area contributed by atoms with Crippen LogP contribution in [0.3, 0.4) is 0 Å². The minimum Gasteiger partial charge on any atom is -0.478 e. The number of benzene rings is 2. The van der Waals surface area contributed by atoms with E-state index in [9.17, 15) is 14.7 Å².